The molecule has 0 spiro atoms. The van der Waals surface area contributed by atoms with E-state index < -0.39 is 10.9 Å². The Morgan fingerprint density at radius 1 is 1.23 bits per heavy atom. The molecule has 0 saturated heterocycles. The molecule has 0 heterocycles. The zero-order chi connectivity index (χ0) is 16.1. The van der Waals surface area contributed by atoms with Gasteiger partial charge in [0.05, 0.1) is 12.0 Å². The largest absolute Gasteiger partial charge is 0.496 e. The first-order valence-corrected chi connectivity index (χ1v) is 6.63. The molecular formula is C15H12ClNO5. The van der Waals surface area contributed by atoms with Gasteiger partial charge >= 0.3 is 5.97 Å². The van der Waals surface area contributed by atoms with E-state index in [2.05, 4.69) is 0 Å². The number of nitro benzene ring substituents is 1. The predicted molar refractivity (Wildman–Crippen MR) is 80.2 cm³/mol. The summed E-state index contributed by atoms with van der Waals surface area (Å²) in [6, 6.07) is 10.5. The fourth-order valence-electron chi connectivity index (χ4n) is 1.78. The zero-order valence-electron chi connectivity index (χ0n) is 11.6. The molecule has 0 aliphatic heterocycles. The average Bonchev–Trinajstić information content (AvgIpc) is 2.53. The third kappa shape index (κ3) is 3.73. The van der Waals surface area contributed by atoms with E-state index in [0.29, 0.717) is 5.02 Å². The van der Waals surface area contributed by atoms with Crippen molar-refractivity contribution in [2.75, 3.05) is 7.11 Å². The first kappa shape index (κ1) is 15.8. The van der Waals surface area contributed by atoms with E-state index >= 15 is 0 Å². The normalized spacial score (nSPS) is 10.1. The maximum atomic E-state index is 12.1. The number of hydrogen-bond donors (Lipinski definition) is 0. The van der Waals surface area contributed by atoms with Crippen LogP contribution in [0.5, 0.6) is 5.75 Å². The first-order chi connectivity index (χ1) is 10.5. The van der Waals surface area contributed by atoms with E-state index in [0.717, 1.165) is 11.6 Å². The van der Waals surface area contributed by atoms with Crippen molar-refractivity contribution in [1.29, 1.82) is 0 Å². The molecule has 0 aliphatic carbocycles. The van der Waals surface area contributed by atoms with Crippen LogP contribution in [0.3, 0.4) is 0 Å². The highest BCUT2D eigenvalue weighted by molar-refractivity contribution is 6.30. The molecule has 6 nitrogen and oxygen atoms in total. The SMILES string of the molecule is COc1ccc([N+](=O)[O-])cc1C(=O)OCc1ccc(Cl)cc1. The average molecular weight is 322 g/mol. The second-order valence-corrected chi connectivity index (χ2v) is 4.78. The van der Waals surface area contributed by atoms with E-state index in [1.165, 1.54) is 19.2 Å². The Morgan fingerprint density at radius 2 is 1.91 bits per heavy atom. The number of ether oxygens (including phenoxy) is 2. The highest BCUT2D eigenvalue weighted by Gasteiger charge is 2.18. The molecule has 2 rings (SSSR count). The number of nitrogens with zero attached hydrogens (tertiary/aromatic N) is 1. The molecule has 2 aromatic rings. The lowest BCUT2D eigenvalue weighted by Crippen LogP contribution is -2.08. The standard InChI is InChI=1S/C15H12ClNO5/c1-21-14-7-6-12(17(19)20)8-13(14)15(18)22-9-10-2-4-11(16)5-3-10/h2-8H,9H2,1H3. The maximum Gasteiger partial charge on any atom is 0.342 e. The number of carbonyl (C=O) groups excluding carboxylic acids is 1. The fourth-order valence-corrected chi connectivity index (χ4v) is 1.90. The summed E-state index contributed by atoms with van der Waals surface area (Å²) in [6.07, 6.45) is 0. The van der Waals surface area contributed by atoms with E-state index in [9.17, 15) is 14.9 Å². The Hall–Kier alpha value is -2.60. The summed E-state index contributed by atoms with van der Waals surface area (Å²) in [5, 5.41) is 11.4. The van der Waals surface area contributed by atoms with E-state index in [1.54, 1.807) is 24.3 Å². The summed E-state index contributed by atoms with van der Waals surface area (Å²) in [4.78, 5) is 22.3. The van der Waals surface area contributed by atoms with Gasteiger partial charge in [-0.25, -0.2) is 4.79 Å². The van der Waals surface area contributed by atoms with Gasteiger partial charge in [0.2, 0.25) is 0 Å². The van der Waals surface area contributed by atoms with Crippen LogP contribution < -0.4 is 4.74 Å². The molecule has 7 heteroatoms. The molecule has 0 radical (unpaired) electrons. The van der Waals surface area contributed by atoms with Crippen LogP contribution in [0.4, 0.5) is 5.69 Å². The Labute approximate surface area is 131 Å². The van der Waals surface area contributed by atoms with Crippen LogP contribution in [0.15, 0.2) is 42.5 Å². The summed E-state index contributed by atoms with van der Waals surface area (Å²) < 4.78 is 10.2. The minimum Gasteiger partial charge on any atom is -0.496 e. The number of esters is 1. The quantitative estimate of drug-likeness (QED) is 0.477. The van der Waals surface area contributed by atoms with Gasteiger partial charge in [0.25, 0.3) is 5.69 Å². The first-order valence-electron chi connectivity index (χ1n) is 6.25. The van der Waals surface area contributed by atoms with Gasteiger partial charge in [-0.3, -0.25) is 10.1 Å². The molecule has 0 unspecified atom stereocenters. The van der Waals surface area contributed by atoms with Crippen molar-refractivity contribution in [1.82, 2.24) is 0 Å². The summed E-state index contributed by atoms with van der Waals surface area (Å²) in [6.45, 7) is 0.0296. The molecule has 2 aromatic carbocycles. The van der Waals surface area contributed by atoms with Crippen molar-refractivity contribution >= 4 is 23.3 Å². The van der Waals surface area contributed by atoms with Gasteiger partial charge < -0.3 is 9.47 Å². The van der Waals surface area contributed by atoms with Crippen LogP contribution in [0, 0.1) is 10.1 Å². The monoisotopic (exact) mass is 321 g/mol. The topological polar surface area (TPSA) is 78.7 Å². The van der Waals surface area contributed by atoms with Gasteiger partial charge in [0.15, 0.2) is 0 Å². The molecular weight excluding hydrogens is 310 g/mol. The van der Waals surface area contributed by atoms with Crippen molar-refractivity contribution < 1.29 is 19.2 Å². The van der Waals surface area contributed by atoms with E-state index in [-0.39, 0.29) is 23.6 Å². The van der Waals surface area contributed by atoms with Gasteiger partial charge in [-0.2, -0.15) is 0 Å². The molecule has 0 bridgehead atoms. The van der Waals surface area contributed by atoms with Gasteiger partial charge in [0.1, 0.15) is 17.9 Å². The van der Waals surface area contributed by atoms with Gasteiger partial charge in [-0.1, -0.05) is 23.7 Å². The molecule has 0 saturated carbocycles. The predicted octanol–water partition coefficient (Wildman–Crippen LogP) is 3.61. The van der Waals surface area contributed by atoms with Crippen LogP contribution >= 0.6 is 11.6 Å². The summed E-state index contributed by atoms with van der Waals surface area (Å²) in [5.74, 6) is -0.484. The lowest BCUT2D eigenvalue weighted by atomic mass is 10.1. The van der Waals surface area contributed by atoms with Gasteiger partial charge in [-0.15, -0.1) is 0 Å². The number of benzene rings is 2. The Bertz CT molecular complexity index is 700. The van der Waals surface area contributed by atoms with E-state index in [1.807, 2.05) is 0 Å². The van der Waals surface area contributed by atoms with Crippen LogP contribution in [0.2, 0.25) is 5.02 Å². The van der Waals surface area contributed by atoms with Crippen molar-refractivity contribution in [2.24, 2.45) is 0 Å². The molecule has 0 atom stereocenters. The highest BCUT2D eigenvalue weighted by atomic mass is 35.5. The number of non-ortho nitro benzene ring substituents is 1. The molecule has 114 valence electrons. The van der Waals surface area contributed by atoms with Crippen LogP contribution in [0.1, 0.15) is 15.9 Å². The van der Waals surface area contributed by atoms with Crippen molar-refractivity contribution in [3.8, 4) is 5.75 Å². The number of rotatable bonds is 5. The summed E-state index contributed by atoms with van der Waals surface area (Å²) in [5.41, 5.74) is 0.548. The second kappa shape index (κ2) is 6.91. The minimum absolute atomic E-state index is 0.00524. The number of nitro groups is 1. The Balaban J connectivity index is 2.15. The third-order valence-electron chi connectivity index (χ3n) is 2.90. The number of methoxy groups -OCH3 is 1. The maximum absolute atomic E-state index is 12.1. The molecule has 22 heavy (non-hydrogen) atoms. The number of carbonyl (C=O) groups is 1. The zero-order valence-corrected chi connectivity index (χ0v) is 12.4. The Kier molecular flexibility index (Phi) is 4.95. The molecule has 0 amide bonds. The van der Waals surface area contributed by atoms with Crippen molar-refractivity contribution in [3.05, 3.63) is 68.7 Å². The summed E-state index contributed by atoms with van der Waals surface area (Å²) >= 11 is 5.77. The molecule has 0 fully saturated rings. The third-order valence-corrected chi connectivity index (χ3v) is 3.15. The second-order valence-electron chi connectivity index (χ2n) is 4.34. The van der Waals surface area contributed by atoms with Gasteiger partial charge in [0, 0.05) is 17.2 Å². The van der Waals surface area contributed by atoms with Crippen molar-refractivity contribution in [3.63, 3.8) is 0 Å². The van der Waals surface area contributed by atoms with Crippen LogP contribution in [0.25, 0.3) is 0 Å². The molecule has 0 aromatic heterocycles. The van der Waals surface area contributed by atoms with Crippen molar-refractivity contribution in [2.45, 2.75) is 6.61 Å². The van der Waals surface area contributed by atoms with Gasteiger partial charge in [-0.05, 0) is 23.8 Å². The van der Waals surface area contributed by atoms with Crippen LogP contribution in [-0.4, -0.2) is 18.0 Å². The molecule has 0 aliphatic rings. The van der Waals surface area contributed by atoms with Crippen LogP contribution in [-0.2, 0) is 11.3 Å². The lowest BCUT2D eigenvalue weighted by molar-refractivity contribution is -0.384. The lowest BCUT2D eigenvalue weighted by Gasteiger charge is -2.09. The smallest absolute Gasteiger partial charge is 0.342 e. The minimum atomic E-state index is -0.699. The molecule has 0 N–H and O–H groups in total. The number of hydrogen-bond acceptors (Lipinski definition) is 5. The number of halogens is 1. The Morgan fingerprint density at radius 3 is 2.50 bits per heavy atom. The fraction of sp³-hybridized carbons (Fsp3) is 0.133. The van der Waals surface area contributed by atoms with E-state index in [4.69, 9.17) is 21.1 Å². The summed E-state index contributed by atoms with van der Waals surface area (Å²) in [7, 11) is 1.37. The highest BCUT2D eigenvalue weighted by Crippen LogP contribution is 2.25.